The first kappa shape index (κ1) is 16.8. The molecule has 0 radical (unpaired) electrons. The third-order valence-electron chi connectivity index (χ3n) is 3.72. The van der Waals surface area contributed by atoms with Crippen LogP contribution in [0.5, 0.6) is 0 Å². The fraction of sp³-hybridized carbons (Fsp3) is 0.444. The summed E-state index contributed by atoms with van der Waals surface area (Å²) < 4.78 is 0. The van der Waals surface area contributed by atoms with Crippen molar-refractivity contribution in [1.29, 1.82) is 0 Å². The van der Waals surface area contributed by atoms with Crippen LogP contribution in [0.25, 0.3) is 10.8 Å². The fourth-order valence-electron chi connectivity index (χ4n) is 2.63. The Bertz CT molecular complexity index is 502. The van der Waals surface area contributed by atoms with Gasteiger partial charge in [0.25, 0.3) is 0 Å². The molecule has 0 aliphatic carbocycles. The molecule has 0 bridgehead atoms. The van der Waals surface area contributed by atoms with Gasteiger partial charge < -0.3 is 0 Å². The van der Waals surface area contributed by atoms with Crippen LogP contribution in [0.4, 0.5) is 0 Å². The second-order valence-electron chi connectivity index (χ2n) is 5.13. The van der Waals surface area contributed by atoms with Gasteiger partial charge in [0.2, 0.25) is 0 Å². The van der Waals surface area contributed by atoms with Crippen molar-refractivity contribution < 1.29 is 0 Å². The van der Waals surface area contributed by atoms with Crippen molar-refractivity contribution in [3.63, 3.8) is 0 Å². The topological polar surface area (TPSA) is 0 Å². The Labute approximate surface area is 139 Å². The summed E-state index contributed by atoms with van der Waals surface area (Å²) in [7, 11) is 0. The fourth-order valence-corrected chi connectivity index (χ4v) is 2.63. The molecule has 0 aliphatic heterocycles. The summed E-state index contributed by atoms with van der Waals surface area (Å²) in [5.41, 5.74) is 3.17. The number of benzene rings is 2. The first-order valence-electron chi connectivity index (χ1n) is 7.36. The average Bonchev–Trinajstić information content (AvgIpc) is 2.43. The van der Waals surface area contributed by atoms with E-state index in [-0.39, 0.29) is 29.6 Å². The van der Waals surface area contributed by atoms with E-state index in [2.05, 4.69) is 50.2 Å². The van der Waals surface area contributed by atoms with E-state index in [4.69, 9.17) is 0 Å². The van der Waals surface area contributed by atoms with E-state index in [1.54, 1.807) is 11.1 Å². The van der Waals surface area contributed by atoms with E-state index in [0.29, 0.717) is 0 Å². The van der Waals surface area contributed by atoms with Crippen molar-refractivity contribution in [1.82, 2.24) is 0 Å². The van der Waals surface area contributed by atoms with Crippen molar-refractivity contribution in [2.24, 2.45) is 0 Å². The van der Waals surface area contributed by atoms with Gasteiger partial charge in [-0.2, -0.15) is 0 Å². The monoisotopic (exact) mass is 264 g/mol. The molecule has 0 heterocycles. The van der Waals surface area contributed by atoms with Gasteiger partial charge >= 0.3 is 29.6 Å². The van der Waals surface area contributed by atoms with E-state index in [1.165, 1.54) is 49.3 Å². The summed E-state index contributed by atoms with van der Waals surface area (Å²) in [6.07, 6.45) is 7.62. The predicted molar refractivity (Wildman–Crippen MR) is 88.3 cm³/mol. The zero-order valence-corrected chi connectivity index (χ0v) is 11.7. The maximum absolute atomic E-state index is 2.35. The van der Waals surface area contributed by atoms with E-state index < -0.39 is 0 Å². The van der Waals surface area contributed by atoms with Crippen LogP contribution >= 0.6 is 0 Å². The van der Waals surface area contributed by atoms with Crippen LogP contribution < -0.4 is 0 Å². The summed E-state index contributed by atoms with van der Waals surface area (Å²) in [5.74, 6) is 0. The Hall–Kier alpha value is -0.300. The summed E-state index contributed by atoms with van der Waals surface area (Å²) in [6.45, 7) is 4.55. The SMILES string of the molecule is CCCCc1ccc2ccccc2c1CCCC.[NaH]. The summed E-state index contributed by atoms with van der Waals surface area (Å²) in [5, 5.41) is 2.86. The van der Waals surface area contributed by atoms with Gasteiger partial charge in [-0.15, -0.1) is 0 Å². The van der Waals surface area contributed by atoms with Crippen LogP contribution in [-0.4, -0.2) is 29.6 Å². The summed E-state index contributed by atoms with van der Waals surface area (Å²) >= 11 is 0. The summed E-state index contributed by atoms with van der Waals surface area (Å²) in [6, 6.07) is 13.5. The number of fused-ring (bicyclic) bond motifs is 1. The third kappa shape index (κ3) is 4.34. The van der Waals surface area contributed by atoms with Crippen LogP contribution in [-0.2, 0) is 12.8 Å². The van der Waals surface area contributed by atoms with E-state index >= 15 is 0 Å². The molecule has 0 aliphatic rings. The molecule has 2 aromatic carbocycles. The Morgan fingerprint density at radius 1 is 0.789 bits per heavy atom. The molecule has 0 saturated carbocycles. The molecule has 0 N–H and O–H groups in total. The van der Waals surface area contributed by atoms with Gasteiger partial charge in [-0.1, -0.05) is 63.1 Å². The standard InChI is InChI=1S/C18H24.Na.H/c1-3-5-9-15-13-14-16-10-7-8-12-18(16)17(15)11-6-4-2;;/h7-8,10,12-14H,3-6,9,11H2,1-2H3;;. The molecular formula is C18H25Na. The van der Waals surface area contributed by atoms with E-state index in [0.717, 1.165) is 0 Å². The first-order valence-corrected chi connectivity index (χ1v) is 7.36. The number of hydrogen-bond acceptors (Lipinski definition) is 0. The second-order valence-corrected chi connectivity index (χ2v) is 5.13. The van der Waals surface area contributed by atoms with Crippen molar-refractivity contribution >= 4 is 40.3 Å². The molecule has 19 heavy (non-hydrogen) atoms. The minimum absolute atomic E-state index is 0. The molecule has 0 atom stereocenters. The van der Waals surface area contributed by atoms with Gasteiger partial charge in [0.15, 0.2) is 0 Å². The molecule has 0 spiro atoms. The van der Waals surface area contributed by atoms with Crippen LogP contribution in [0.1, 0.15) is 50.7 Å². The van der Waals surface area contributed by atoms with Crippen LogP contribution in [0, 0.1) is 0 Å². The molecule has 0 unspecified atom stereocenters. The number of hydrogen-bond donors (Lipinski definition) is 0. The minimum atomic E-state index is 0. The molecule has 0 amide bonds. The van der Waals surface area contributed by atoms with Gasteiger partial charge in [-0.3, -0.25) is 0 Å². The van der Waals surface area contributed by atoms with Gasteiger partial charge in [-0.25, -0.2) is 0 Å². The predicted octanol–water partition coefficient (Wildman–Crippen LogP) is 4.88. The molecular weight excluding hydrogens is 239 g/mol. The molecule has 0 saturated heterocycles. The average molecular weight is 264 g/mol. The quantitative estimate of drug-likeness (QED) is 0.652. The van der Waals surface area contributed by atoms with Crippen molar-refractivity contribution in [2.75, 3.05) is 0 Å². The van der Waals surface area contributed by atoms with Crippen molar-refractivity contribution in [3.8, 4) is 0 Å². The van der Waals surface area contributed by atoms with E-state index in [1.807, 2.05) is 0 Å². The van der Waals surface area contributed by atoms with E-state index in [9.17, 15) is 0 Å². The Morgan fingerprint density at radius 2 is 1.47 bits per heavy atom. The van der Waals surface area contributed by atoms with Crippen LogP contribution in [0.3, 0.4) is 0 Å². The zero-order valence-electron chi connectivity index (χ0n) is 11.7. The number of aryl methyl sites for hydroxylation is 2. The molecule has 98 valence electrons. The van der Waals surface area contributed by atoms with Gasteiger partial charge in [0, 0.05) is 0 Å². The summed E-state index contributed by atoms with van der Waals surface area (Å²) in [4.78, 5) is 0. The zero-order chi connectivity index (χ0) is 12.8. The Morgan fingerprint density at radius 3 is 2.21 bits per heavy atom. The molecule has 1 heteroatoms. The molecule has 0 aromatic heterocycles. The van der Waals surface area contributed by atoms with Gasteiger partial charge in [0.05, 0.1) is 0 Å². The molecule has 0 fully saturated rings. The second kappa shape index (κ2) is 8.79. The number of unbranched alkanes of at least 4 members (excludes halogenated alkanes) is 2. The normalized spacial score (nSPS) is 10.4. The van der Waals surface area contributed by atoms with Gasteiger partial charge in [0.1, 0.15) is 0 Å². The first-order chi connectivity index (χ1) is 8.86. The van der Waals surface area contributed by atoms with Crippen molar-refractivity contribution in [2.45, 2.75) is 52.4 Å². The molecule has 2 aromatic rings. The van der Waals surface area contributed by atoms with Gasteiger partial charge in [-0.05, 0) is 47.6 Å². The Balaban J connectivity index is 0.00000180. The molecule has 2 rings (SSSR count). The maximum atomic E-state index is 2.35. The van der Waals surface area contributed by atoms with Crippen molar-refractivity contribution in [3.05, 3.63) is 47.5 Å². The Kier molecular flexibility index (Phi) is 7.75. The third-order valence-corrected chi connectivity index (χ3v) is 3.72. The van der Waals surface area contributed by atoms with Crippen LogP contribution in [0.15, 0.2) is 36.4 Å². The molecule has 0 nitrogen and oxygen atoms in total. The van der Waals surface area contributed by atoms with Crippen LogP contribution in [0.2, 0.25) is 0 Å². The number of rotatable bonds is 6.